The van der Waals surface area contributed by atoms with Gasteiger partial charge in [0.1, 0.15) is 11.6 Å². The number of carbonyl (C=O) groups excluding carboxylic acids is 2. The van der Waals surface area contributed by atoms with E-state index in [0.717, 1.165) is 0 Å². The molecule has 1 amide bonds. The summed E-state index contributed by atoms with van der Waals surface area (Å²) in [6.45, 7) is 3.31. The number of benzene rings is 2. The van der Waals surface area contributed by atoms with Crippen molar-refractivity contribution in [3.05, 3.63) is 65.7 Å². The van der Waals surface area contributed by atoms with E-state index >= 15 is 0 Å². The Morgan fingerprint density at radius 2 is 1.80 bits per heavy atom. The number of rotatable bonds is 8. The maximum Gasteiger partial charge on any atom is 0.234 e. The molecule has 0 radical (unpaired) electrons. The number of ether oxygens (including phenoxy) is 1. The van der Waals surface area contributed by atoms with Gasteiger partial charge in [0, 0.05) is 18.3 Å². The number of nitrogens with one attached hydrogen (secondary N) is 1. The standard InChI is InChI=1S/C21H21FN4O3S/c1-13(27)15-4-8-17(9-5-15)23-19(28)12-30-21-25-24-20(26(21)3)14(2)29-18-10-6-16(22)7-11-18/h4-11,14H,12H2,1-3H3,(H,23,28). The molecule has 0 bridgehead atoms. The summed E-state index contributed by atoms with van der Waals surface area (Å²) in [4.78, 5) is 23.5. The van der Waals surface area contributed by atoms with E-state index in [1.54, 1.807) is 48.0 Å². The number of thioether (sulfide) groups is 1. The van der Waals surface area contributed by atoms with Gasteiger partial charge in [0.05, 0.1) is 5.75 Å². The van der Waals surface area contributed by atoms with Crippen molar-refractivity contribution in [3.63, 3.8) is 0 Å². The Morgan fingerprint density at radius 1 is 1.13 bits per heavy atom. The Labute approximate surface area is 177 Å². The Hall–Kier alpha value is -3.20. The maximum absolute atomic E-state index is 13.0. The van der Waals surface area contributed by atoms with Crippen LogP contribution in [0.4, 0.5) is 10.1 Å². The number of halogens is 1. The molecule has 3 rings (SSSR count). The molecule has 0 aliphatic rings. The minimum atomic E-state index is -0.407. The topological polar surface area (TPSA) is 86.1 Å². The fraction of sp³-hybridized carbons (Fsp3) is 0.238. The highest BCUT2D eigenvalue weighted by Crippen LogP contribution is 2.24. The van der Waals surface area contributed by atoms with Crippen LogP contribution in [-0.2, 0) is 11.8 Å². The molecular formula is C21H21FN4O3S. The molecule has 9 heteroatoms. The number of anilines is 1. The normalized spacial score (nSPS) is 11.7. The molecule has 0 aliphatic carbocycles. The first-order chi connectivity index (χ1) is 14.3. The van der Waals surface area contributed by atoms with Crippen LogP contribution in [0.5, 0.6) is 5.75 Å². The second-order valence-corrected chi connectivity index (χ2v) is 7.53. The van der Waals surface area contributed by atoms with E-state index in [0.29, 0.717) is 28.0 Å². The van der Waals surface area contributed by atoms with Crippen LogP contribution in [0.15, 0.2) is 53.7 Å². The third-order valence-electron chi connectivity index (χ3n) is 4.27. The van der Waals surface area contributed by atoms with Gasteiger partial charge in [-0.05, 0) is 62.4 Å². The summed E-state index contributed by atoms with van der Waals surface area (Å²) in [7, 11) is 1.79. The van der Waals surface area contributed by atoms with Crippen molar-refractivity contribution in [1.82, 2.24) is 14.8 Å². The number of Topliss-reactive ketones (excluding diaryl/α,β-unsaturated/α-hetero) is 1. The Bertz CT molecular complexity index is 1040. The molecule has 30 heavy (non-hydrogen) atoms. The fourth-order valence-corrected chi connectivity index (χ4v) is 3.41. The third kappa shape index (κ3) is 5.44. The molecule has 156 valence electrons. The van der Waals surface area contributed by atoms with Crippen molar-refractivity contribution >= 4 is 29.1 Å². The van der Waals surface area contributed by atoms with Gasteiger partial charge >= 0.3 is 0 Å². The second kappa shape index (κ2) is 9.53. The molecule has 1 unspecified atom stereocenters. The summed E-state index contributed by atoms with van der Waals surface area (Å²) in [5.41, 5.74) is 1.21. The zero-order chi connectivity index (χ0) is 21.7. The van der Waals surface area contributed by atoms with E-state index in [1.165, 1.54) is 30.8 Å². The van der Waals surface area contributed by atoms with E-state index in [2.05, 4.69) is 15.5 Å². The van der Waals surface area contributed by atoms with Crippen LogP contribution in [0.3, 0.4) is 0 Å². The number of aromatic nitrogens is 3. The van der Waals surface area contributed by atoms with Gasteiger partial charge in [0.2, 0.25) is 5.91 Å². The Kier molecular flexibility index (Phi) is 6.83. The zero-order valence-corrected chi connectivity index (χ0v) is 17.6. The van der Waals surface area contributed by atoms with Crippen LogP contribution in [0.25, 0.3) is 0 Å². The maximum atomic E-state index is 13.0. The lowest BCUT2D eigenvalue weighted by molar-refractivity contribution is -0.113. The number of amides is 1. The van der Waals surface area contributed by atoms with E-state index in [4.69, 9.17) is 4.74 Å². The zero-order valence-electron chi connectivity index (χ0n) is 16.8. The summed E-state index contributed by atoms with van der Waals surface area (Å²) in [6, 6.07) is 12.5. The monoisotopic (exact) mass is 428 g/mol. The van der Waals surface area contributed by atoms with Crippen LogP contribution in [0.1, 0.15) is 36.1 Å². The number of hydrogen-bond donors (Lipinski definition) is 1. The SMILES string of the molecule is CC(=O)c1ccc(NC(=O)CSc2nnc(C(C)Oc3ccc(F)cc3)n2C)cc1. The molecule has 1 N–H and O–H groups in total. The summed E-state index contributed by atoms with van der Waals surface area (Å²) in [6.07, 6.45) is -0.407. The highest BCUT2D eigenvalue weighted by molar-refractivity contribution is 7.99. The molecule has 3 aromatic rings. The number of ketones is 1. The largest absolute Gasteiger partial charge is 0.483 e. The lowest BCUT2D eigenvalue weighted by Gasteiger charge is -2.14. The summed E-state index contributed by atoms with van der Waals surface area (Å²) >= 11 is 1.25. The Morgan fingerprint density at radius 3 is 2.43 bits per heavy atom. The molecule has 0 saturated heterocycles. The molecule has 0 fully saturated rings. The summed E-state index contributed by atoms with van der Waals surface area (Å²) < 4.78 is 20.6. The predicted molar refractivity (Wildman–Crippen MR) is 112 cm³/mol. The average molecular weight is 428 g/mol. The molecule has 1 aromatic heterocycles. The van der Waals surface area contributed by atoms with Crippen LogP contribution in [-0.4, -0.2) is 32.2 Å². The molecule has 0 spiro atoms. The van der Waals surface area contributed by atoms with Crippen molar-refractivity contribution in [2.45, 2.75) is 25.1 Å². The van der Waals surface area contributed by atoms with Gasteiger partial charge in [-0.3, -0.25) is 9.59 Å². The number of nitrogens with zero attached hydrogens (tertiary/aromatic N) is 3. The number of carbonyl (C=O) groups is 2. The lowest BCUT2D eigenvalue weighted by atomic mass is 10.1. The van der Waals surface area contributed by atoms with Crippen LogP contribution in [0, 0.1) is 5.82 Å². The minimum absolute atomic E-state index is 0.0286. The van der Waals surface area contributed by atoms with Gasteiger partial charge in [-0.1, -0.05) is 11.8 Å². The van der Waals surface area contributed by atoms with E-state index in [1.807, 2.05) is 6.92 Å². The smallest absolute Gasteiger partial charge is 0.234 e. The highest BCUT2D eigenvalue weighted by atomic mass is 32.2. The lowest BCUT2D eigenvalue weighted by Crippen LogP contribution is -2.15. The average Bonchev–Trinajstić information content (AvgIpc) is 3.09. The van der Waals surface area contributed by atoms with Crippen molar-refractivity contribution in [2.75, 3.05) is 11.1 Å². The number of hydrogen-bond acceptors (Lipinski definition) is 6. The summed E-state index contributed by atoms with van der Waals surface area (Å²) in [5, 5.41) is 11.6. The van der Waals surface area contributed by atoms with Crippen LogP contribution in [0.2, 0.25) is 0 Å². The van der Waals surface area contributed by atoms with Gasteiger partial charge in [0.15, 0.2) is 22.9 Å². The Balaban J connectivity index is 1.55. The van der Waals surface area contributed by atoms with Crippen molar-refractivity contribution in [2.24, 2.45) is 7.05 Å². The van der Waals surface area contributed by atoms with E-state index < -0.39 is 6.10 Å². The van der Waals surface area contributed by atoms with Gasteiger partial charge in [-0.25, -0.2) is 4.39 Å². The van der Waals surface area contributed by atoms with Gasteiger partial charge < -0.3 is 14.6 Å². The first kappa shape index (κ1) is 21.5. The van der Waals surface area contributed by atoms with E-state index in [-0.39, 0.29) is 23.3 Å². The van der Waals surface area contributed by atoms with Crippen molar-refractivity contribution in [3.8, 4) is 5.75 Å². The molecule has 0 aliphatic heterocycles. The van der Waals surface area contributed by atoms with Crippen molar-refractivity contribution in [1.29, 1.82) is 0 Å². The van der Waals surface area contributed by atoms with Crippen LogP contribution >= 0.6 is 11.8 Å². The first-order valence-electron chi connectivity index (χ1n) is 9.18. The molecular weight excluding hydrogens is 407 g/mol. The third-order valence-corrected chi connectivity index (χ3v) is 5.29. The molecule has 1 heterocycles. The molecule has 7 nitrogen and oxygen atoms in total. The minimum Gasteiger partial charge on any atom is -0.483 e. The quantitative estimate of drug-likeness (QED) is 0.431. The highest BCUT2D eigenvalue weighted by Gasteiger charge is 2.18. The first-order valence-corrected chi connectivity index (χ1v) is 10.2. The van der Waals surface area contributed by atoms with Gasteiger partial charge in [-0.2, -0.15) is 0 Å². The van der Waals surface area contributed by atoms with Crippen molar-refractivity contribution < 1.29 is 18.7 Å². The molecule has 1 atom stereocenters. The van der Waals surface area contributed by atoms with Gasteiger partial charge in [0.25, 0.3) is 0 Å². The fourth-order valence-electron chi connectivity index (χ4n) is 2.69. The molecule has 2 aromatic carbocycles. The second-order valence-electron chi connectivity index (χ2n) is 6.58. The molecule has 0 saturated carbocycles. The predicted octanol–water partition coefficient (Wildman–Crippen LogP) is 4.03. The summed E-state index contributed by atoms with van der Waals surface area (Å²) in [5.74, 6) is 0.696. The van der Waals surface area contributed by atoms with E-state index in [9.17, 15) is 14.0 Å². The van der Waals surface area contributed by atoms with Crippen LogP contribution < -0.4 is 10.1 Å². The van der Waals surface area contributed by atoms with Gasteiger partial charge in [-0.15, -0.1) is 10.2 Å².